The number of β-amino-alcohol motifs (C(OH)–C–C–N with tert-alkyl or cyclic N) is 1. The SMILES string of the molecule is N/C(=N\O)N1CCN(CCO)CC1. The van der Waals surface area contributed by atoms with Gasteiger partial charge in [-0.2, -0.15) is 0 Å². The van der Waals surface area contributed by atoms with Crippen LogP contribution in [0.4, 0.5) is 0 Å². The fourth-order valence-electron chi connectivity index (χ4n) is 1.41. The van der Waals surface area contributed by atoms with Crippen molar-refractivity contribution in [3.05, 3.63) is 0 Å². The maximum atomic E-state index is 8.70. The van der Waals surface area contributed by atoms with Crippen molar-refractivity contribution in [2.75, 3.05) is 39.3 Å². The number of nitrogens with zero attached hydrogens (tertiary/aromatic N) is 3. The molecule has 0 amide bonds. The zero-order chi connectivity index (χ0) is 9.68. The third-order valence-electron chi connectivity index (χ3n) is 2.21. The molecule has 1 aliphatic rings. The third-order valence-corrected chi connectivity index (χ3v) is 2.21. The molecule has 0 radical (unpaired) electrons. The predicted molar refractivity (Wildman–Crippen MR) is 48.5 cm³/mol. The summed E-state index contributed by atoms with van der Waals surface area (Å²) in [7, 11) is 0. The molecule has 0 saturated carbocycles. The van der Waals surface area contributed by atoms with Crippen LogP contribution in [-0.4, -0.2) is 65.4 Å². The highest BCUT2D eigenvalue weighted by molar-refractivity contribution is 5.77. The molecule has 1 heterocycles. The summed E-state index contributed by atoms with van der Waals surface area (Å²) in [5, 5.41) is 20.1. The minimum absolute atomic E-state index is 0.170. The van der Waals surface area contributed by atoms with E-state index in [1.807, 2.05) is 4.90 Å². The van der Waals surface area contributed by atoms with Crippen LogP contribution in [0.25, 0.3) is 0 Å². The van der Waals surface area contributed by atoms with Gasteiger partial charge in [0.25, 0.3) is 0 Å². The van der Waals surface area contributed by atoms with E-state index in [1.165, 1.54) is 0 Å². The van der Waals surface area contributed by atoms with Gasteiger partial charge in [-0.1, -0.05) is 5.16 Å². The van der Waals surface area contributed by atoms with Crippen LogP contribution in [0.2, 0.25) is 0 Å². The van der Waals surface area contributed by atoms with Gasteiger partial charge in [-0.3, -0.25) is 4.90 Å². The Bertz CT molecular complexity index is 177. The zero-order valence-corrected chi connectivity index (χ0v) is 7.56. The summed E-state index contributed by atoms with van der Waals surface area (Å²) in [6.45, 7) is 4.06. The van der Waals surface area contributed by atoms with Crippen LogP contribution in [0.5, 0.6) is 0 Å². The van der Waals surface area contributed by atoms with Gasteiger partial charge in [0.05, 0.1) is 6.61 Å². The molecule has 1 saturated heterocycles. The van der Waals surface area contributed by atoms with Gasteiger partial charge in [-0.25, -0.2) is 0 Å². The lowest BCUT2D eigenvalue weighted by molar-refractivity contribution is 0.144. The molecule has 0 unspecified atom stereocenters. The Balaban J connectivity index is 2.30. The lowest BCUT2D eigenvalue weighted by Gasteiger charge is -2.34. The standard InChI is InChI=1S/C7H16N4O2/c8-7(9-13)11-3-1-10(2-4-11)5-6-12/h12-13H,1-6H2,(H2,8,9). The van der Waals surface area contributed by atoms with Gasteiger partial charge in [0.2, 0.25) is 5.96 Å². The van der Waals surface area contributed by atoms with E-state index < -0.39 is 0 Å². The van der Waals surface area contributed by atoms with E-state index in [0.717, 1.165) is 26.2 Å². The van der Waals surface area contributed by atoms with Crippen molar-refractivity contribution in [2.24, 2.45) is 10.9 Å². The van der Waals surface area contributed by atoms with E-state index in [2.05, 4.69) is 10.1 Å². The second-order valence-corrected chi connectivity index (χ2v) is 3.01. The number of aliphatic hydroxyl groups is 1. The van der Waals surface area contributed by atoms with Crippen molar-refractivity contribution in [1.82, 2.24) is 9.80 Å². The van der Waals surface area contributed by atoms with Crippen LogP contribution in [0.3, 0.4) is 0 Å². The van der Waals surface area contributed by atoms with E-state index in [0.29, 0.717) is 6.54 Å². The van der Waals surface area contributed by atoms with Crippen molar-refractivity contribution < 1.29 is 10.3 Å². The average Bonchev–Trinajstić information content (AvgIpc) is 2.18. The minimum atomic E-state index is 0.170. The maximum Gasteiger partial charge on any atom is 0.233 e. The summed E-state index contributed by atoms with van der Waals surface area (Å²) in [5.41, 5.74) is 5.43. The Morgan fingerprint density at radius 1 is 1.31 bits per heavy atom. The van der Waals surface area contributed by atoms with Gasteiger partial charge in [-0.15, -0.1) is 0 Å². The zero-order valence-electron chi connectivity index (χ0n) is 7.56. The Morgan fingerprint density at radius 3 is 2.38 bits per heavy atom. The molecule has 1 rings (SSSR count). The van der Waals surface area contributed by atoms with Crippen LogP contribution < -0.4 is 5.73 Å². The lowest BCUT2D eigenvalue weighted by atomic mass is 10.3. The third kappa shape index (κ3) is 2.74. The van der Waals surface area contributed by atoms with Gasteiger partial charge in [0, 0.05) is 32.7 Å². The van der Waals surface area contributed by atoms with Crippen LogP contribution in [-0.2, 0) is 0 Å². The topological polar surface area (TPSA) is 85.3 Å². The van der Waals surface area contributed by atoms with Crippen molar-refractivity contribution in [3.63, 3.8) is 0 Å². The fraction of sp³-hybridized carbons (Fsp3) is 0.857. The molecule has 0 aromatic heterocycles. The van der Waals surface area contributed by atoms with Gasteiger partial charge in [0.1, 0.15) is 0 Å². The number of piperazine rings is 1. The van der Waals surface area contributed by atoms with Crippen molar-refractivity contribution in [2.45, 2.75) is 0 Å². The molecule has 0 aromatic rings. The van der Waals surface area contributed by atoms with Crippen molar-refractivity contribution in [3.8, 4) is 0 Å². The van der Waals surface area contributed by atoms with E-state index in [4.69, 9.17) is 16.0 Å². The lowest BCUT2D eigenvalue weighted by Crippen LogP contribution is -2.51. The smallest absolute Gasteiger partial charge is 0.233 e. The van der Waals surface area contributed by atoms with Crippen molar-refractivity contribution >= 4 is 5.96 Å². The molecule has 6 heteroatoms. The number of aliphatic hydroxyl groups excluding tert-OH is 1. The monoisotopic (exact) mass is 188 g/mol. The summed E-state index contributed by atoms with van der Waals surface area (Å²) in [5.74, 6) is 0.170. The van der Waals surface area contributed by atoms with E-state index >= 15 is 0 Å². The van der Waals surface area contributed by atoms with E-state index in [-0.39, 0.29) is 12.6 Å². The summed E-state index contributed by atoms with van der Waals surface area (Å²) in [4.78, 5) is 3.95. The molecule has 4 N–H and O–H groups in total. The first-order chi connectivity index (χ1) is 6.27. The molecule has 0 aliphatic carbocycles. The first-order valence-corrected chi connectivity index (χ1v) is 4.33. The Labute approximate surface area is 77.2 Å². The van der Waals surface area contributed by atoms with Crippen LogP contribution >= 0.6 is 0 Å². The molecule has 0 bridgehead atoms. The highest BCUT2D eigenvalue weighted by Gasteiger charge is 2.17. The Hall–Kier alpha value is -1.01. The van der Waals surface area contributed by atoms with Crippen LogP contribution in [0, 0.1) is 0 Å². The number of hydrogen-bond donors (Lipinski definition) is 3. The summed E-state index contributed by atoms with van der Waals surface area (Å²) in [6.07, 6.45) is 0. The average molecular weight is 188 g/mol. The number of rotatable bonds is 2. The number of guanidine groups is 1. The first-order valence-electron chi connectivity index (χ1n) is 4.33. The Morgan fingerprint density at radius 2 is 1.92 bits per heavy atom. The maximum absolute atomic E-state index is 8.70. The van der Waals surface area contributed by atoms with Gasteiger partial charge >= 0.3 is 0 Å². The predicted octanol–water partition coefficient (Wildman–Crippen LogP) is -1.70. The summed E-state index contributed by atoms with van der Waals surface area (Å²) >= 11 is 0. The first kappa shape index (κ1) is 10.1. The van der Waals surface area contributed by atoms with E-state index in [9.17, 15) is 0 Å². The molecule has 1 fully saturated rings. The highest BCUT2D eigenvalue weighted by atomic mass is 16.4. The second kappa shape index (κ2) is 4.88. The molecular weight excluding hydrogens is 172 g/mol. The van der Waals surface area contributed by atoms with Gasteiger partial charge < -0.3 is 20.9 Å². The molecule has 76 valence electrons. The largest absolute Gasteiger partial charge is 0.408 e. The molecule has 0 atom stereocenters. The van der Waals surface area contributed by atoms with Gasteiger partial charge in [0.15, 0.2) is 0 Å². The van der Waals surface area contributed by atoms with Crippen molar-refractivity contribution in [1.29, 1.82) is 0 Å². The molecule has 6 nitrogen and oxygen atoms in total. The number of hydrogen-bond acceptors (Lipinski definition) is 4. The molecule has 13 heavy (non-hydrogen) atoms. The number of nitrogens with two attached hydrogens (primary N) is 1. The molecule has 1 aliphatic heterocycles. The second-order valence-electron chi connectivity index (χ2n) is 3.01. The normalized spacial score (nSPS) is 20.7. The Kier molecular flexibility index (Phi) is 3.78. The molecular formula is C7H16N4O2. The quantitative estimate of drug-likeness (QED) is 0.208. The number of oxime groups is 1. The van der Waals surface area contributed by atoms with E-state index in [1.54, 1.807) is 0 Å². The van der Waals surface area contributed by atoms with Crippen LogP contribution in [0.1, 0.15) is 0 Å². The summed E-state index contributed by atoms with van der Waals surface area (Å²) in [6, 6.07) is 0. The molecule has 0 spiro atoms. The minimum Gasteiger partial charge on any atom is -0.408 e. The summed E-state index contributed by atoms with van der Waals surface area (Å²) < 4.78 is 0. The molecule has 0 aromatic carbocycles. The highest BCUT2D eigenvalue weighted by Crippen LogP contribution is 1.99. The fourth-order valence-corrected chi connectivity index (χ4v) is 1.41. The van der Waals surface area contributed by atoms with Gasteiger partial charge in [-0.05, 0) is 0 Å². The van der Waals surface area contributed by atoms with Crippen LogP contribution in [0.15, 0.2) is 5.16 Å².